The molecule has 0 bridgehead atoms. The Bertz CT molecular complexity index is 1100. The average Bonchev–Trinajstić information content (AvgIpc) is 3.29. The Kier molecular flexibility index (Phi) is 4.88. The number of fused-ring (bicyclic) bond motifs is 1. The second-order valence-corrected chi connectivity index (χ2v) is 7.96. The van der Waals surface area contributed by atoms with E-state index in [2.05, 4.69) is 76.1 Å². The molecular weight excluding hydrogens is 366 g/mol. The van der Waals surface area contributed by atoms with Gasteiger partial charge in [-0.1, -0.05) is 35.6 Å². The highest BCUT2D eigenvalue weighted by Gasteiger charge is 2.14. The number of allylic oxidation sites excluding steroid dienone is 1. The lowest BCUT2D eigenvalue weighted by Gasteiger charge is -2.20. The number of rotatable bonds is 5. The van der Waals surface area contributed by atoms with Gasteiger partial charge in [0.05, 0.1) is 28.4 Å². The van der Waals surface area contributed by atoms with E-state index in [4.69, 9.17) is 0 Å². The first-order chi connectivity index (χ1) is 13.5. The van der Waals surface area contributed by atoms with Crippen LogP contribution in [0.5, 0.6) is 0 Å². The molecule has 2 heterocycles. The van der Waals surface area contributed by atoms with Crippen molar-refractivity contribution in [2.45, 2.75) is 6.92 Å². The molecule has 0 radical (unpaired) electrons. The van der Waals surface area contributed by atoms with Crippen LogP contribution in [0, 0.1) is 0 Å². The SMILES string of the molecule is C/C(=C(\c1ccc(Nc2nc3ccccc3s2)cc1)c1cncn1C)N(C)C. The number of benzene rings is 2. The highest BCUT2D eigenvalue weighted by molar-refractivity contribution is 7.22. The standard InChI is InChI=1S/C22H23N5S/c1-15(26(2)3)21(19-13-23-14-27(19)4)16-9-11-17(12-10-16)24-22-25-18-7-5-6-8-20(18)28-22/h5-14H,1-4H3,(H,24,25)/b21-15-. The van der Waals surface area contributed by atoms with Crippen molar-refractivity contribution in [2.24, 2.45) is 7.05 Å². The number of imidazole rings is 1. The lowest BCUT2D eigenvalue weighted by Crippen LogP contribution is -2.12. The van der Waals surface area contributed by atoms with Crippen molar-refractivity contribution < 1.29 is 0 Å². The molecule has 0 aliphatic heterocycles. The van der Waals surface area contributed by atoms with Crippen molar-refractivity contribution in [3.05, 3.63) is 78.0 Å². The van der Waals surface area contributed by atoms with Crippen molar-refractivity contribution in [2.75, 3.05) is 19.4 Å². The van der Waals surface area contributed by atoms with E-state index in [1.54, 1.807) is 11.3 Å². The Hall–Kier alpha value is -3.12. The first-order valence-corrected chi connectivity index (χ1v) is 9.92. The molecule has 4 rings (SSSR count). The van der Waals surface area contributed by atoms with E-state index in [1.165, 1.54) is 16.0 Å². The molecular formula is C22H23N5S. The third-order valence-corrected chi connectivity index (χ3v) is 5.78. The van der Waals surface area contributed by atoms with Gasteiger partial charge in [0.15, 0.2) is 5.13 Å². The lowest BCUT2D eigenvalue weighted by atomic mass is 10.00. The number of nitrogens with zero attached hydrogens (tertiary/aromatic N) is 4. The summed E-state index contributed by atoms with van der Waals surface area (Å²) >= 11 is 1.66. The van der Waals surface area contributed by atoms with Gasteiger partial charge in [0, 0.05) is 38.1 Å². The quantitative estimate of drug-likeness (QED) is 0.515. The normalized spacial score (nSPS) is 12.1. The zero-order chi connectivity index (χ0) is 19.7. The summed E-state index contributed by atoms with van der Waals surface area (Å²) < 4.78 is 3.24. The Balaban J connectivity index is 1.65. The summed E-state index contributed by atoms with van der Waals surface area (Å²) in [7, 11) is 6.15. The molecule has 0 aliphatic carbocycles. The second kappa shape index (κ2) is 7.48. The van der Waals surface area contributed by atoms with Gasteiger partial charge in [-0.3, -0.25) is 0 Å². The average molecular weight is 390 g/mol. The van der Waals surface area contributed by atoms with Crippen molar-refractivity contribution >= 4 is 37.9 Å². The van der Waals surface area contributed by atoms with Crippen LogP contribution in [0.3, 0.4) is 0 Å². The molecule has 6 heteroatoms. The molecule has 4 aromatic rings. The molecule has 5 nitrogen and oxygen atoms in total. The van der Waals surface area contributed by atoms with Crippen LogP contribution < -0.4 is 5.32 Å². The topological polar surface area (TPSA) is 46.0 Å². The van der Waals surface area contributed by atoms with Gasteiger partial charge in [-0.2, -0.15) is 0 Å². The number of hydrogen-bond donors (Lipinski definition) is 1. The number of para-hydroxylation sites is 1. The Morgan fingerprint density at radius 1 is 1.07 bits per heavy atom. The molecule has 1 N–H and O–H groups in total. The second-order valence-electron chi connectivity index (χ2n) is 6.93. The van der Waals surface area contributed by atoms with E-state index >= 15 is 0 Å². The molecule has 0 aliphatic rings. The van der Waals surface area contributed by atoms with Crippen LogP contribution in [0.15, 0.2) is 66.8 Å². The number of aryl methyl sites for hydroxylation is 1. The van der Waals surface area contributed by atoms with E-state index in [1.807, 2.05) is 37.8 Å². The summed E-state index contributed by atoms with van der Waals surface area (Å²) in [6, 6.07) is 16.7. The third kappa shape index (κ3) is 3.51. The molecule has 2 aromatic carbocycles. The summed E-state index contributed by atoms with van der Waals surface area (Å²) in [5, 5.41) is 4.32. The maximum Gasteiger partial charge on any atom is 0.188 e. The molecule has 0 fully saturated rings. The molecule has 0 amide bonds. The van der Waals surface area contributed by atoms with Gasteiger partial charge in [0.2, 0.25) is 0 Å². The Morgan fingerprint density at radius 3 is 2.46 bits per heavy atom. The van der Waals surface area contributed by atoms with Gasteiger partial charge < -0.3 is 14.8 Å². The number of anilines is 2. The van der Waals surface area contributed by atoms with E-state index in [0.29, 0.717) is 0 Å². The maximum absolute atomic E-state index is 4.65. The minimum atomic E-state index is 0.904. The fourth-order valence-corrected chi connectivity index (χ4v) is 4.02. The summed E-state index contributed by atoms with van der Waals surface area (Å²) in [5.74, 6) is 0. The zero-order valence-corrected chi connectivity index (χ0v) is 17.3. The largest absolute Gasteiger partial charge is 0.381 e. The third-order valence-electron chi connectivity index (χ3n) is 4.82. The predicted octanol–water partition coefficient (Wildman–Crippen LogP) is 5.11. The van der Waals surface area contributed by atoms with Gasteiger partial charge >= 0.3 is 0 Å². The minimum absolute atomic E-state index is 0.904. The Labute approximate surface area is 169 Å². The number of hydrogen-bond acceptors (Lipinski definition) is 5. The van der Waals surface area contributed by atoms with E-state index in [0.717, 1.165) is 27.6 Å². The molecule has 0 atom stereocenters. The summed E-state index contributed by atoms with van der Waals surface area (Å²) in [4.78, 5) is 11.1. The van der Waals surface area contributed by atoms with Gasteiger partial charge in [0.25, 0.3) is 0 Å². The van der Waals surface area contributed by atoms with Crippen molar-refractivity contribution in [3.63, 3.8) is 0 Å². The van der Waals surface area contributed by atoms with Gasteiger partial charge in [-0.05, 0) is 36.8 Å². The van der Waals surface area contributed by atoms with Gasteiger partial charge in [0.1, 0.15) is 0 Å². The molecule has 142 valence electrons. The number of aromatic nitrogens is 3. The van der Waals surface area contributed by atoms with Crippen molar-refractivity contribution in [1.82, 2.24) is 19.4 Å². The molecule has 28 heavy (non-hydrogen) atoms. The van der Waals surface area contributed by atoms with Crippen LogP contribution in [0.1, 0.15) is 18.2 Å². The summed E-state index contributed by atoms with van der Waals surface area (Å²) in [5.41, 5.74) is 6.67. The maximum atomic E-state index is 4.65. The fraction of sp³-hybridized carbons (Fsp3) is 0.182. The van der Waals surface area contributed by atoms with Crippen LogP contribution in [0.25, 0.3) is 15.8 Å². The van der Waals surface area contributed by atoms with E-state index in [-0.39, 0.29) is 0 Å². The smallest absolute Gasteiger partial charge is 0.188 e. The van der Waals surface area contributed by atoms with Crippen molar-refractivity contribution in [3.8, 4) is 0 Å². The van der Waals surface area contributed by atoms with Crippen LogP contribution in [-0.2, 0) is 7.05 Å². The first-order valence-electron chi connectivity index (χ1n) is 9.11. The summed E-state index contributed by atoms with van der Waals surface area (Å²) in [6.07, 6.45) is 3.75. The minimum Gasteiger partial charge on any atom is -0.381 e. The summed E-state index contributed by atoms with van der Waals surface area (Å²) in [6.45, 7) is 2.13. The molecule has 2 aromatic heterocycles. The Morgan fingerprint density at radius 2 is 1.82 bits per heavy atom. The van der Waals surface area contributed by atoms with Gasteiger partial charge in [-0.25, -0.2) is 9.97 Å². The predicted molar refractivity (Wildman–Crippen MR) is 118 cm³/mol. The highest BCUT2D eigenvalue weighted by Crippen LogP contribution is 2.31. The first kappa shape index (κ1) is 18.3. The van der Waals surface area contributed by atoms with Crippen LogP contribution >= 0.6 is 11.3 Å². The monoisotopic (exact) mass is 389 g/mol. The lowest BCUT2D eigenvalue weighted by molar-refractivity contribution is 0.516. The number of nitrogens with one attached hydrogen (secondary N) is 1. The van der Waals surface area contributed by atoms with Crippen LogP contribution in [-0.4, -0.2) is 33.5 Å². The molecule has 0 spiro atoms. The van der Waals surface area contributed by atoms with Gasteiger partial charge in [-0.15, -0.1) is 0 Å². The van der Waals surface area contributed by atoms with Crippen molar-refractivity contribution in [1.29, 1.82) is 0 Å². The highest BCUT2D eigenvalue weighted by atomic mass is 32.1. The fourth-order valence-electron chi connectivity index (χ4n) is 3.13. The molecule has 0 saturated heterocycles. The number of thiazole rings is 1. The molecule has 0 unspecified atom stereocenters. The zero-order valence-electron chi connectivity index (χ0n) is 16.5. The van der Waals surface area contributed by atoms with E-state index in [9.17, 15) is 0 Å². The molecule has 0 saturated carbocycles. The van der Waals surface area contributed by atoms with Crippen LogP contribution in [0.4, 0.5) is 10.8 Å². The van der Waals surface area contributed by atoms with E-state index < -0.39 is 0 Å². The van der Waals surface area contributed by atoms with Crippen LogP contribution in [0.2, 0.25) is 0 Å².